The molecule has 1 aromatic rings. The van der Waals surface area contributed by atoms with Gasteiger partial charge in [0.25, 0.3) is 0 Å². The van der Waals surface area contributed by atoms with E-state index in [1.807, 2.05) is 18.2 Å². The van der Waals surface area contributed by atoms with Gasteiger partial charge < -0.3 is 10.6 Å². The van der Waals surface area contributed by atoms with Gasteiger partial charge in [-0.3, -0.25) is 4.90 Å². The molecule has 0 bridgehead atoms. The predicted octanol–water partition coefficient (Wildman–Crippen LogP) is 1.67. The van der Waals surface area contributed by atoms with E-state index in [1.54, 1.807) is 0 Å². The Morgan fingerprint density at radius 3 is 2.44 bits per heavy atom. The second kappa shape index (κ2) is 4.87. The van der Waals surface area contributed by atoms with Crippen LogP contribution in [0.15, 0.2) is 18.2 Å². The van der Waals surface area contributed by atoms with E-state index in [0.717, 1.165) is 18.8 Å². The molecule has 0 radical (unpaired) electrons. The zero-order valence-electron chi connectivity index (χ0n) is 11.2. The third-order valence-corrected chi connectivity index (χ3v) is 3.88. The zero-order valence-corrected chi connectivity index (χ0v) is 11.2. The normalized spacial score (nSPS) is 24.9. The van der Waals surface area contributed by atoms with Gasteiger partial charge in [0.05, 0.1) is 5.56 Å². The van der Waals surface area contributed by atoms with Crippen LogP contribution in [0.4, 0.5) is 11.4 Å². The summed E-state index contributed by atoms with van der Waals surface area (Å²) in [5.74, 6) is 0. The molecule has 1 aromatic carbocycles. The fraction of sp³-hybridized carbons (Fsp3) is 0.500. The summed E-state index contributed by atoms with van der Waals surface area (Å²) in [5.41, 5.74) is 7.96. The molecule has 0 aromatic heterocycles. The van der Waals surface area contributed by atoms with Crippen LogP contribution in [0.25, 0.3) is 0 Å². The zero-order chi connectivity index (χ0) is 13.3. The van der Waals surface area contributed by atoms with Crippen molar-refractivity contribution < 1.29 is 0 Å². The maximum atomic E-state index is 9.03. The molecule has 0 spiro atoms. The first-order valence-electron chi connectivity index (χ1n) is 6.29. The van der Waals surface area contributed by atoms with E-state index >= 15 is 0 Å². The Morgan fingerprint density at radius 2 is 1.89 bits per heavy atom. The number of rotatable bonds is 1. The van der Waals surface area contributed by atoms with Gasteiger partial charge in [0, 0.05) is 36.5 Å². The second-order valence-electron chi connectivity index (χ2n) is 5.15. The first-order valence-corrected chi connectivity index (χ1v) is 6.29. The van der Waals surface area contributed by atoms with Crippen molar-refractivity contribution in [2.45, 2.75) is 25.9 Å². The van der Waals surface area contributed by atoms with Crippen molar-refractivity contribution in [2.24, 2.45) is 0 Å². The largest absolute Gasteiger partial charge is 0.398 e. The highest BCUT2D eigenvalue weighted by Gasteiger charge is 2.26. The van der Waals surface area contributed by atoms with Crippen molar-refractivity contribution in [3.05, 3.63) is 23.8 Å². The van der Waals surface area contributed by atoms with Crippen molar-refractivity contribution in [3.63, 3.8) is 0 Å². The van der Waals surface area contributed by atoms with Gasteiger partial charge in [0.15, 0.2) is 0 Å². The van der Waals surface area contributed by atoms with Crippen LogP contribution in [-0.2, 0) is 0 Å². The van der Waals surface area contributed by atoms with Crippen LogP contribution in [0, 0.1) is 11.3 Å². The Hall–Kier alpha value is -1.73. The number of hydrogen-bond acceptors (Lipinski definition) is 4. The van der Waals surface area contributed by atoms with Gasteiger partial charge in [-0.25, -0.2) is 0 Å². The Morgan fingerprint density at radius 1 is 1.28 bits per heavy atom. The van der Waals surface area contributed by atoms with Crippen LogP contribution in [-0.4, -0.2) is 37.1 Å². The maximum Gasteiger partial charge on any atom is 0.101 e. The van der Waals surface area contributed by atoms with Crippen LogP contribution in [0.5, 0.6) is 0 Å². The van der Waals surface area contributed by atoms with Gasteiger partial charge in [0.1, 0.15) is 6.07 Å². The number of nitrogens with two attached hydrogens (primary N) is 1. The minimum Gasteiger partial charge on any atom is -0.398 e. The molecule has 4 nitrogen and oxygen atoms in total. The van der Waals surface area contributed by atoms with Gasteiger partial charge >= 0.3 is 0 Å². The van der Waals surface area contributed by atoms with Crippen molar-refractivity contribution >= 4 is 11.4 Å². The fourth-order valence-electron chi connectivity index (χ4n) is 2.45. The molecule has 18 heavy (non-hydrogen) atoms. The van der Waals surface area contributed by atoms with Crippen molar-refractivity contribution in [1.29, 1.82) is 5.26 Å². The van der Waals surface area contributed by atoms with Gasteiger partial charge in [-0.2, -0.15) is 5.26 Å². The van der Waals surface area contributed by atoms with E-state index in [1.165, 1.54) is 0 Å². The lowest BCUT2D eigenvalue weighted by Gasteiger charge is -2.43. The average molecular weight is 244 g/mol. The third kappa shape index (κ3) is 2.27. The second-order valence-corrected chi connectivity index (χ2v) is 5.15. The van der Waals surface area contributed by atoms with E-state index < -0.39 is 0 Å². The van der Waals surface area contributed by atoms with E-state index in [4.69, 9.17) is 11.0 Å². The summed E-state index contributed by atoms with van der Waals surface area (Å²) in [6, 6.07) is 8.88. The topological polar surface area (TPSA) is 56.3 Å². The van der Waals surface area contributed by atoms with Crippen LogP contribution in [0.3, 0.4) is 0 Å². The lowest BCUT2D eigenvalue weighted by molar-refractivity contribution is 0.170. The summed E-state index contributed by atoms with van der Waals surface area (Å²) in [6.45, 7) is 6.42. The Balaban J connectivity index is 2.25. The number of benzene rings is 1. The van der Waals surface area contributed by atoms with E-state index in [-0.39, 0.29) is 0 Å². The van der Waals surface area contributed by atoms with E-state index in [9.17, 15) is 0 Å². The number of piperazine rings is 1. The summed E-state index contributed by atoms with van der Waals surface area (Å²) in [5, 5.41) is 9.03. The summed E-state index contributed by atoms with van der Waals surface area (Å²) in [4.78, 5) is 4.72. The average Bonchev–Trinajstić information content (AvgIpc) is 2.36. The molecule has 96 valence electrons. The molecule has 1 fully saturated rings. The fourth-order valence-corrected chi connectivity index (χ4v) is 2.45. The van der Waals surface area contributed by atoms with Gasteiger partial charge in [-0.1, -0.05) is 0 Å². The molecule has 2 rings (SSSR count). The molecule has 2 N–H and O–H groups in total. The molecule has 0 amide bonds. The molecule has 4 heteroatoms. The molecular weight excluding hydrogens is 224 g/mol. The van der Waals surface area contributed by atoms with Gasteiger partial charge in [-0.15, -0.1) is 0 Å². The number of likely N-dealkylation sites (N-methyl/N-ethyl adjacent to an activating group) is 1. The highest BCUT2D eigenvalue weighted by atomic mass is 15.3. The lowest BCUT2D eigenvalue weighted by atomic mass is 10.1. The minimum absolute atomic E-state index is 0.511. The molecule has 0 saturated carbocycles. The quantitative estimate of drug-likeness (QED) is 0.763. The first kappa shape index (κ1) is 12.7. The molecule has 1 aliphatic heterocycles. The van der Waals surface area contributed by atoms with Crippen LogP contribution < -0.4 is 10.6 Å². The highest BCUT2D eigenvalue weighted by Crippen LogP contribution is 2.24. The number of nitriles is 1. The summed E-state index contributed by atoms with van der Waals surface area (Å²) in [6.07, 6.45) is 0. The Labute approximate surface area is 109 Å². The maximum absolute atomic E-state index is 9.03. The number of hydrogen-bond donors (Lipinski definition) is 1. The van der Waals surface area contributed by atoms with Crippen LogP contribution >= 0.6 is 0 Å². The highest BCUT2D eigenvalue weighted by molar-refractivity contribution is 5.63. The monoisotopic (exact) mass is 244 g/mol. The molecule has 1 saturated heterocycles. The SMILES string of the molecule is CC1CN(c2ccc(N)c(C#N)c2)CC(C)N1C. The van der Waals surface area contributed by atoms with Crippen LogP contribution in [0.2, 0.25) is 0 Å². The molecule has 1 heterocycles. The molecule has 1 aliphatic rings. The third-order valence-electron chi connectivity index (χ3n) is 3.88. The van der Waals surface area contributed by atoms with Crippen LogP contribution in [0.1, 0.15) is 19.4 Å². The Bertz CT molecular complexity index is 465. The van der Waals surface area contributed by atoms with Gasteiger partial charge in [-0.05, 0) is 39.1 Å². The summed E-state index contributed by atoms with van der Waals surface area (Å²) in [7, 11) is 2.16. The number of anilines is 2. The number of nitrogens with zero attached hydrogens (tertiary/aromatic N) is 3. The van der Waals surface area contributed by atoms with Gasteiger partial charge in [0.2, 0.25) is 0 Å². The van der Waals surface area contributed by atoms with Crippen molar-refractivity contribution in [1.82, 2.24) is 4.90 Å². The molecule has 2 unspecified atom stereocenters. The Kier molecular flexibility index (Phi) is 3.44. The summed E-state index contributed by atoms with van der Waals surface area (Å²) >= 11 is 0. The molecule has 0 aliphatic carbocycles. The summed E-state index contributed by atoms with van der Waals surface area (Å²) < 4.78 is 0. The van der Waals surface area contributed by atoms with E-state index in [2.05, 4.69) is 36.8 Å². The lowest BCUT2D eigenvalue weighted by Crippen LogP contribution is -2.55. The van der Waals surface area contributed by atoms with Crippen molar-refractivity contribution in [3.8, 4) is 6.07 Å². The number of nitrogen functional groups attached to an aromatic ring is 1. The minimum atomic E-state index is 0.511. The standard InChI is InChI=1S/C14H20N4/c1-10-8-18(9-11(2)17(10)3)13-4-5-14(16)12(6-13)7-15/h4-6,10-11H,8-9,16H2,1-3H3. The predicted molar refractivity (Wildman–Crippen MR) is 74.5 cm³/mol. The van der Waals surface area contributed by atoms with Crippen molar-refractivity contribution in [2.75, 3.05) is 30.8 Å². The molecule has 2 atom stereocenters. The smallest absolute Gasteiger partial charge is 0.101 e. The molecular formula is C14H20N4. The first-order chi connectivity index (χ1) is 8.52. The van der Waals surface area contributed by atoms with E-state index in [0.29, 0.717) is 23.3 Å².